The molecule has 2 nitrogen and oxygen atoms in total. The molecule has 0 aliphatic heterocycles. The summed E-state index contributed by atoms with van der Waals surface area (Å²) in [6.45, 7) is 0. The van der Waals surface area contributed by atoms with E-state index in [0.717, 1.165) is 6.29 Å². The lowest BCUT2D eigenvalue weighted by atomic mass is 10.2. The van der Waals surface area contributed by atoms with Crippen molar-refractivity contribution in [2.75, 3.05) is 0 Å². The number of carbonyl (C=O) groups excluding carboxylic acids is 1. The van der Waals surface area contributed by atoms with E-state index in [-0.39, 0.29) is 0 Å². The lowest BCUT2D eigenvalue weighted by Gasteiger charge is -2.07. The molecule has 0 amide bonds. The molecule has 0 heterocycles. The molecular weight excluding hydrogens is 339 g/mol. The molecule has 0 atom stereocenters. The fourth-order valence-corrected chi connectivity index (χ4v) is 2.35. The maximum absolute atomic E-state index is 10.7. The summed E-state index contributed by atoms with van der Waals surface area (Å²) >= 11 is 15.0. The Bertz CT molecular complexity index is 579. The summed E-state index contributed by atoms with van der Waals surface area (Å²) in [5.74, 6) is 1.13. The maximum Gasteiger partial charge on any atom is 0.151 e. The van der Waals surface area contributed by atoms with Crippen LogP contribution in [0.5, 0.6) is 11.5 Å². The first-order valence-electron chi connectivity index (χ1n) is 4.97. The number of benzene rings is 2. The van der Waals surface area contributed by atoms with Crippen molar-refractivity contribution in [3.8, 4) is 11.5 Å². The fourth-order valence-electron chi connectivity index (χ4n) is 1.39. The molecule has 0 spiro atoms. The maximum atomic E-state index is 10.7. The highest BCUT2D eigenvalue weighted by molar-refractivity contribution is 9.10. The fraction of sp³-hybridized carbons (Fsp3) is 0. The van der Waals surface area contributed by atoms with Crippen LogP contribution in [0.4, 0.5) is 0 Å². The van der Waals surface area contributed by atoms with E-state index >= 15 is 0 Å². The van der Waals surface area contributed by atoms with Crippen molar-refractivity contribution in [3.63, 3.8) is 0 Å². The van der Waals surface area contributed by atoms with Crippen molar-refractivity contribution in [1.82, 2.24) is 0 Å². The van der Waals surface area contributed by atoms with Gasteiger partial charge < -0.3 is 4.74 Å². The van der Waals surface area contributed by atoms with Crippen LogP contribution >= 0.6 is 39.1 Å². The molecule has 2 aromatic rings. The van der Waals surface area contributed by atoms with E-state index in [9.17, 15) is 4.79 Å². The van der Waals surface area contributed by atoms with E-state index in [2.05, 4.69) is 15.9 Å². The molecule has 2 aromatic carbocycles. The van der Waals surface area contributed by atoms with Crippen LogP contribution in [-0.2, 0) is 0 Å². The average Bonchev–Trinajstić information content (AvgIpc) is 2.27. The van der Waals surface area contributed by atoms with Crippen LogP contribution < -0.4 is 4.74 Å². The molecule has 0 saturated heterocycles. The minimum atomic E-state index is 0.501. The zero-order chi connectivity index (χ0) is 13.1. The second-order valence-corrected chi connectivity index (χ2v) is 5.24. The van der Waals surface area contributed by atoms with Gasteiger partial charge >= 0.3 is 0 Å². The number of hydrogen-bond donors (Lipinski definition) is 0. The standard InChI is InChI=1S/C13H7BrCl2O2/c14-13-6-11(2-1-8(13)7-17)18-12-4-9(15)3-10(16)5-12/h1-7H. The molecule has 0 radical (unpaired) electrons. The van der Waals surface area contributed by atoms with Gasteiger partial charge in [-0.15, -0.1) is 0 Å². The molecule has 18 heavy (non-hydrogen) atoms. The Balaban J connectivity index is 2.28. The van der Waals surface area contributed by atoms with Crippen molar-refractivity contribution in [3.05, 3.63) is 56.5 Å². The summed E-state index contributed by atoms with van der Waals surface area (Å²) in [5.41, 5.74) is 0.562. The Hall–Kier alpha value is -1.03. The van der Waals surface area contributed by atoms with Gasteiger partial charge in [-0.25, -0.2) is 0 Å². The van der Waals surface area contributed by atoms with E-state index < -0.39 is 0 Å². The van der Waals surface area contributed by atoms with Gasteiger partial charge in [-0.2, -0.15) is 0 Å². The summed E-state index contributed by atoms with van der Waals surface area (Å²) in [6, 6.07) is 10.0. The predicted molar refractivity (Wildman–Crippen MR) is 76.1 cm³/mol. The van der Waals surface area contributed by atoms with Crippen LogP contribution in [-0.4, -0.2) is 6.29 Å². The topological polar surface area (TPSA) is 26.3 Å². The van der Waals surface area contributed by atoms with Crippen molar-refractivity contribution in [2.45, 2.75) is 0 Å². The highest BCUT2D eigenvalue weighted by Gasteiger charge is 2.04. The smallest absolute Gasteiger partial charge is 0.151 e. The van der Waals surface area contributed by atoms with Crippen molar-refractivity contribution in [1.29, 1.82) is 0 Å². The SMILES string of the molecule is O=Cc1ccc(Oc2cc(Cl)cc(Cl)c2)cc1Br. The summed E-state index contributed by atoms with van der Waals surface area (Å²) < 4.78 is 6.28. The van der Waals surface area contributed by atoms with Crippen LogP contribution in [0.15, 0.2) is 40.9 Å². The summed E-state index contributed by atoms with van der Waals surface area (Å²) in [7, 11) is 0. The van der Waals surface area contributed by atoms with Gasteiger partial charge in [0.25, 0.3) is 0 Å². The number of carbonyl (C=O) groups is 1. The Morgan fingerprint density at radius 3 is 2.22 bits per heavy atom. The third-order valence-electron chi connectivity index (χ3n) is 2.17. The lowest BCUT2D eigenvalue weighted by Crippen LogP contribution is -1.87. The predicted octanol–water partition coefficient (Wildman–Crippen LogP) is 5.36. The molecule has 0 aliphatic rings. The van der Waals surface area contributed by atoms with E-state index in [4.69, 9.17) is 27.9 Å². The van der Waals surface area contributed by atoms with Crippen LogP contribution in [0.25, 0.3) is 0 Å². The van der Waals surface area contributed by atoms with Crippen molar-refractivity contribution in [2.24, 2.45) is 0 Å². The molecule has 0 aromatic heterocycles. The molecule has 0 fully saturated rings. The van der Waals surface area contributed by atoms with Gasteiger partial charge in [0, 0.05) is 20.1 Å². The van der Waals surface area contributed by atoms with Gasteiger partial charge in [-0.05, 0) is 52.3 Å². The first-order valence-corrected chi connectivity index (χ1v) is 6.52. The number of aldehydes is 1. The van der Waals surface area contributed by atoms with E-state index in [0.29, 0.717) is 31.6 Å². The molecule has 92 valence electrons. The third-order valence-corrected chi connectivity index (χ3v) is 3.29. The first-order chi connectivity index (χ1) is 8.58. The van der Waals surface area contributed by atoms with Crippen LogP contribution in [0.1, 0.15) is 10.4 Å². The van der Waals surface area contributed by atoms with E-state index in [1.807, 2.05) is 0 Å². The normalized spacial score (nSPS) is 10.2. The van der Waals surface area contributed by atoms with E-state index in [1.54, 1.807) is 36.4 Å². The van der Waals surface area contributed by atoms with Gasteiger partial charge in [0.1, 0.15) is 11.5 Å². The van der Waals surface area contributed by atoms with Crippen molar-refractivity contribution < 1.29 is 9.53 Å². The molecular formula is C13H7BrCl2O2. The number of hydrogen-bond acceptors (Lipinski definition) is 2. The molecule has 5 heteroatoms. The Kier molecular flexibility index (Phi) is 4.27. The molecule has 0 unspecified atom stereocenters. The average molecular weight is 346 g/mol. The quantitative estimate of drug-likeness (QED) is 0.700. The molecule has 0 N–H and O–H groups in total. The first kappa shape index (κ1) is 13.4. The van der Waals surface area contributed by atoms with Gasteiger partial charge in [0.15, 0.2) is 6.29 Å². The summed E-state index contributed by atoms with van der Waals surface area (Å²) in [4.78, 5) is 10.7. The van der Waals surface area contributed by atoms with Gasteiger partial charge in [0.05, 0.1) is 0 Å². The zero-order valence-electron chi connectivity index (χ0n) is 8.99. The Morgan fingerprint density at radius 1 is 1.00 bits per heavy atom. The summed E-state index contributed by atoms with van der Waals surface area (Å²) in [6.07, 6.45) is 0.768. The van der Waals surface area contributed by atoms with Crippen LogP contribution in [0.2, 0.25) is 10.0 Å². The Morgan fingerprint density at radius 2 is 1.67 bits per heavy atom. The molecule has 0 bridgehead atoms. The Labute approximate surface area is 123 Å². The summed E-state index contributed by atoms with van der Waals surface area (Å²) in [5, 5.41) is 1.00. The number of halogens is 3. The van der Waals surface area contributed by atoms with Crippen molar-refractivity contribution >= 4 is 45.4 Å². The third kappa shape index (κ3) is 3.25. The minimum absolute atomic E-state index is 0.501. The second-order valence-electron chi connectivity index (χ2n) is 3.51. The molecule has 0 saturated carbocycles. The molecule has 2 rings (SSSR count). The highest BCUT2D eigenvalue weighted by atomic mass is 79.9. The van der Waals surface area contributed by atoms with E-state index in [1.165, 1.54) is 0 Å². The monoisotopic (exact) mass is 344 g/mol. The van der Waals surface area contributed by atoms with Crippen LogP contribution in [0.3, 0.4) is 0 Å². The van der Waals surface area contributed by atoms with Gasteiger partial charge in [-0.1, -0.05) is 23.2 Å². The van der Waals surface area contributed by atoms with Gasteiger partial charge in [0.2, 0.25) is 0 Å². The highest BCUT2D eigenvalue weighted by Crippen LogP contribution is 2.30. The largest absolute Gasteiger partial charge is 0.457 e. The zero-order valence-corrected chi connectivity index (χ0v) is 12.1. The second kappa shape index (κ2) is 5.74. The minimum Gasteiger partial charge on any atom is -0.457 e. The number of ether oxygens (including phenoxy) is 1. The van der Waals surface area contributed by atoms with Gasteiger partial charge in [-0.3, -0.25) is 4.79 Å². The van der Waals surface area contributed by atoms with Crippen LogP contribution in [0, 0.1) is 0 Å². The number of rotatable bonds is 3. The lowest BCUT2D eigenvalue weighted by molar-refractivity contribution is 0.112. The molecule has 0 aliphatic carbocycles.